The van der Waals surface area contributed by atoms with Gasteiger partial charge in [0.15, 0.2) is 0 Å². The third-order valence-corrected chi connectivity index (χ3v) is 4.27. The van der Waals surface area contributed by atoms with Crippen molar-refractivity contribution in [1.82, 2.24) is 9.59 Å². The van der Waals surface area contributed by atoms with Crippen LogP contribution in [-0.2, 0) is 4.74 Å². The fraction of sp³-hybridized carbons (Fsp3) is 0.267. The van der Waals surface area contributed by atoms with Crippen LogP contribution in [0.5, 0.6) is 0 Å². The smallest absolute Gasteiger partial charge is 0.340 e. The molecule has 1 unspecified atom stereocenters. The highest BCUT2D eigenvalue weighted by Crippen LogP contribution is 2.29. The number of ether oxygens (including phenoxy) is 1. The largest absolute Gasteiger partial charge is 0.451 e. The molecule has 0 bridgehead atoms. The number of carbonyl (C=O) groups is 1. The second-order valence-electron chi connectivity index (χ2n) is 4.73. The Bertz CT molecular complexity index is 705. The number of esters is 1. The molecule has 0 fully saturated rings. The number of hydrogen-bond acceptors (Lipinski definition) is 5. The van der Waals surface area contributed by atoms with Crippen molar-refractivity contribution < 1.29 is 9.53 Å². The SMILES string of the molecule is CCC1(OC(=O)c2cccc3nnsc23)C=CC=CC1. The van der Waals surface area contributed by atoms with Gasteiger partial charge in [0, 0.05) is 6.42 Å². The standard InChI is InChI=1S/C15H14N2O2S/c1-2-15(9-4-3-5-10-15)19-14(18)11-7-6-8-12-13(11)20-17-16-12/h3-9H,2,10H2,1H3. The van der Waals surface area contributed by atoms with E-state index in [-0.39, 0.29) is 5.97 Å². The van der Waals surface area contributed by atoms with Crippen LogP contribution in [0, 0.1) is 0 Å². The molecule has 1 aromatic carbocycles. The number of carbonyl (C=O) groups excluding carboxylic acids is 1. The summed E-state index contributed by atoms with van der Waals surface area (Å²) in [6.07, 6.45) is 9.32. The molecule has 1 aliphatic rings. The van der Waals surface area contributed by atoms with Crippen LogP contribution in [0.15, 0.2) is 42.5 Å². The molecule has 0 aliphatic heterocycles. The Morgan fingerprint density at radius 3 is 3.10 bits per heavy atom. The lowest BCUT2D eigenvalue weighted by Gasteiger charge is -2.29. The van der Waals surface area contributed by atoms with Crippen molar-refractivity contribution in [3.8, 4) is 0 Å². The number of aromatic nitrogens is 2. The fourth-order valence-electron chi connectivity index (χ4n) is 2.26. The molecule has 102 valence electrons. The number of nitrogens with zero attached hydrogens (tertiary/aromatic N) is 2. The number of rotatable bonds is 3. The van der Waals surface area contributed by atoms with Crippen molar-refractivity contribution in [2.45, 2.75) is 25.4 Å². The molecule has 3 rings (SSSR count). The predicted octanol–water partition coefficient (Wildman–Crippen LogP) is 3.51. The van der Waals surface area contributed by atoms with Crippen LogP contribution in [0.1, 0.15) is 30.1 Å². The zero-order valence-electron chi connectivity index (χ0n) is 11.1. The minimum Gasteiger partial charge on any atom is -0.451 e. The van der Waals surface area contributed by atoms with Gasteiger partial charge < -0.3 is 4.74 Å². The normalized spacial score (nSPS) is 21.2. The Morgan fingerprint density at radius 1 is 1.45 bits per heavy atom. The first-order valence-electron chi connectivity index (χ1n) is 6.53. The third-order valence-electron chi connectivity index (χ3n) is 3.50. The van der Waals surface area contributed by atoms with Crippen molar-refractivity contribution in [1.29, 1.82) is 0 Å². The van der Waals surface area contributed by atoms with Gasteiger partial charge in [-0.25, -0.2) is 4.79 Å². The van der Waals surface area contributed by atoms with Gasteiger partial charge in [-0.05, 0) is 36.2 Å². The quantitative estimate of drug-likeness (QED) is 0.810. The summed E-state index contributed by atoms with van der Waals surface area (Å²) in [6, 6.07) is 5.40. The summed E-state index contributed by atoms with van der Waals surface area (Å²) >= 11 is 1.22. The molecule has 0 saturated carbocycles. The average molecular weight is 286 g/mol. The average Bonchev–Trinajstić information content (AvgIpc) is 2.96. The second kappa shape index (κ2) is 5.17. The zero-order valence-corrected chi connectivity index (χ0v) is 11.9. The van der Waals surface area contributed by atoms with Crippen LogP contribution in [0.2, 0.25) is 0 Å². The molecular formula is C15H14N2O2S. The maximum atomic E-state index is 12.5. The number of allylic oxidation sites excluding steroid dienone is 2. The Labute approximate surface area is 120 Å². The molecular weight excluding hydrogens is 272 g/mol. The zero-order chi connectivity index (χ0) is 14.0. The Balaban J connectivity index is 1.91. The molecule has 1 aromatic heterocycles. The van der Waals surface area contributed by atoms with E-state index in [0.29, 0.717) is 12.0 Å². The van der Waals surface area contributed by atoms with Crippen molar-refractivity contribution >= 4 is 27.7 Å². The molecule has 0 spiro atoms. The molecule has 5 heteroatoms. The van der Waals surface area contributed by atoms with E-state index in [0.717, 1.165) is 16.6 Å². The molecule has 0 saturated heterocycles. The summed E-state index contributed by atoms with van der Waals surface area (Å²) in [5, 5.41) is 3.98. The van der Waals surface area contributed by atoms with E-state index >= 15 is 0 Å². The number of benzene rings is 1. The lowest BCUT2D eigenvalue weighted by atomic mass is 9.92. The summed E-state index contributed by atoms with van der Waals surface area (Å²) in [5.74, 6) is -0.316. The van der Waals surface area contributed by atoms with Gasteiger partial charge >= 0.3 is 5.97 Å². The van der Waals surface area contributed by atoms with E-state index < -0.39 is 5.60 Å². The lowest BCUT2D eigenvalue weighted by Crippen LogP contribution is -2.32. The van der Waals surface area contributed by atoms with Crippen LogP contribution < -0.4 is 0 Å². The van der Waals surface area contributed by atoms with Crippen molar-refractivity contribution in [2.24, 2.45) is 0 Å². The monoisotopic (exact) mass is 286 g/mol. The maximum Gasteiger partial charge on any atom is 0.340 e. The van der Waals surface area contributed by atoms with Gasteiger partial charge in [0.25, 0.3) is 0 Å². The summed E-state index contributed by atoms with van der Waals surface area (Å²) in [7, 11) is 0. The molecule has 20 heavy (non-hydrogen) atoms. The molecule has 1 atom stereocenters. The van der Waals surface area contributed by atoms with Crippen molar-refractivity contribution in [3.05, 3.63) is 48.1 Å². The van der Waals surface area contributed by atoms with E-state index in [1.165, 1.54) is 11.5 Å². The lowest BCUT2D eigenvalue weighted by molar-refractivity contribution is 0.00323. The molecule has 1 heterocycles. The molecule has 0 amide bonds. The molecule has 2 aromatic rings. The van der Waals surface area contributed by atoms with Gasteiger partial charge in [-0.15, -0.1) is 5.10 Å². The highest BCUT2D eigenvalue weighted by Gasteiger charge is 2.30. The van der Waals surface area contributed by atoms with Crippen LogP contribution >= 0.6 is 11.5 Å². The van der Waals surface area contributed by atoms with Gasteiger partial charge in [-0.2, -0.15) is 0 Å². The summed E-state index contributed by atoms with van der Waals surface area (Å²) < 4.78 is 10.4. The summed E-state index contributed by atoms with van der Waals surface area (Å²) in [5.41, 5.74) is 0.730. The van der Waals surface area contributed by atoms with E-state index in [2.05, 4.69) is 9.59 Å². The first-order chi connectivity index (χ1) is 9.74. The number of hydrogen-bond donors (Lipinski definition) is 0. The van der Waals surface area contributed by atoms with Crippen molar-refractivity contribution in [3.63, 3.8) is 0 Å². The molecule has 0 radical (unpaired) electrons. The summed E-state index contributed by atoms with van der Waals surface area (Å²) in [4.78, 5) is 12.5. The maximum absolute atomic E-state index is 12.5. The topological polar surface area (TPSA) is 52.1 Å². The highest BCUT2D eigenvalue weighted by molar-refractivity contribution is 7.13. The van der Waals surface area contributed by atoms with Crippen LogP contribution in [0.4, 0.5) is 0 Å². The van der Waals surface area contributed by atoms with E-state index in [9.17, 15) is 4.79 Å². The van der Waals surface area contributed by atoms with Gasteiger partial charge in [0.05, 0.1) is 10.3 Å². The van der Waals surface area contributed by atoms with Crippen molar-refractivity contribution in [2.75, 3.05) is 0 Å². The second-order valence-corrected chi connectivity index (χ2v) is 5.48. The molecule has 1 aliphatic carbocycles. The van der Waals surface area contributed by atoms with E-state index in [1.807, 2.05) is 37.3 Å². The van der Waals surface area contributed by atoms with Crippen LogP contribution in [-0.4, -0.2) is 21.2 Å². The summed E-state index contributed by atoms with van der Waals surface area (Å²) in [6.45, 7) is 2.02. The first kappa shape index (κ1) is 13.0. The van der Waals surface area contributed by atoms with Crippen LogP contribution in [0.25, 0.3) is 10.2 Å². The fourth-order valence-corrected chi connectivity index (χ4v) is 2.92. The highest BCUT2D eigenvalue weighted by atomic mass is 32.1. The third kappa shape index (κ3) is 2.25. The van der Waals surface area contributed by atoms with Gasteiger partial charge in [-0.3, -0.25) is 0 Å². The predicted molar refractivity (Wildman–Crippen MR) is 78.7 cm³/mol. The Hall–Kier alpha value is -2.01. The number of fused-ring (bicyclic) bond motifs is 1. The minimum absolute atomic E-state index is 0.316. The van der Waals surface area contributed by atoms with E-state index in [4.69, 9.17) is 4.74 Å². The van der Waals surface area contributed by atoms with Gasteiger partial charge in [0.1, 0.15) is 11.1 Å². The van der Waals surface area contributed by atoms with E-state index in [1.54, 1.807) is 12.1 Å². The van der Waals surface area contributed by atoms with Crippen LogP contribution in [0.3, 0.4) is 0 Å². The first-order valence-corrected chi connectivity index (χ1v) is 7.30. The Morgan fingerprint density at radius 2 is 2.35 bits per heavy atom. The minimum atomic E-state index is -0.536. The van der Waals surface area contributed by atoms with Gasteiger partial charge in [0.2, 0.25) is 0 Å². The molecule has 4 nitrogen and oxygen atoms in total. The van der Waals surface area contributed by atoms with Gasteiger partial charge in [-0.1, -0.05) is 35.7 Å². The molecule has 0 N–H and O–H groups in total. The Kier molecular flexibility index (Phi) is 3.36.